The fourth-order valence-electron chi connectivity index (χ4n) is 2.76. The first-order valence-electron chi connectivity index (χ1n) is 9.35. The second kappa shape index (κ2) is 9.73. The summed E-state index contributed by atoms with van der Waals surface area (Å²) in [6, 6.07) is 16.6. The van der Waals surface area contributed by atoms with E-state index in [-0.39, 0.29) is 13.1 Å². The lowest BCUT2D eigenvalue weighted by molar-refractivity contribution is -0.148. The molecule has 0 spiro atoms. The number of carbonyl (C=O) groups is 3. The third-order valence-corrected chi connectivity index (χ3v) is 3.93. The van der Waals surface area contributed by atoms with Gasteiger partial charge in [0.1, 0.15) is 5.60 Å². The maximum atomic E-state index is 12.4. The van der Waals surface area contributed by atoms with Gasteiger partial charge in [-0.05, 0) is 38.8 Å². The van der Waals surface area contributed by atoms with Gasteiger partial charge in [0.05, 0.1) is 5.69 Å². The summed E-state index contributed by atoms with van der Waals surface area (Å²) in [5.74, 6) is -2.56. The number of benzene rings is 2. The van der Waals surface area contributed by atoms with Crippen molar-refractivity contribution >= 4 is 23.7 Å². The van der Waals surface area contributed by atoms with Gasteiger partial charge in [-0.25, -0.2) is 9.59 Å². The molecule has 7 heteroatoms. The Balaban J connectivity index is 2.15. The second-order valence-corrected chi connectivity index (χ2v) is 7.43. The molecule has 0 aliphatic rings. The highest BCUT2D eigenvalue weighted by atomic mass is 16.6. The molecule has 29 heavy (non-hydrogen) atoms. The fraction of sp³-hybridized carbons (Fsp3) is 0.318. The van der Waals surface area contributed by atoms with Gasteiger partial charge in [0.15, 0.2) is 0 Å². The van der Waals surface area contributed by atoms with Gasteiger partial charge in [0.2, 0.25) is 0 Å². The van der Waals surface area contributed by atoms with E-state index >= 15 is 0 Å². The number of rotatable bonds is 6. The van der Waals surface area contributed by atoms with E-state index < -0.39 is 23.6 Å². The number of carboxylic acid groups (broad SMARTS) is 1. The van der Waals surface area contributed by atoms with Gasteiger partial charge < -0.3 is 20.1 Å². The molecule has 0 atom stereocenters. The minimum Gasteiger partial charge on any atom is -0.474 e. The van der Waals surface area contributed by atoms with Crippen LogP contribution in [0.5, 0.6) is 0 Å². The van der Waals surface area contributed by atoms with Crippen LogP contribution in [0.15, 0.2) is 54.6 Å². The molecule has 0 aliphatic heterocycles. The van der Waals surface area contributed by atoms with Crippen LogP contribution >= 0.6 is 0 Å². The van der Waals surface area contributed by atoms with Crippen LogP contribution in [0.2, 0.25) is 0 Å². The normalized spacial score (nSPS) is 10.9. The van der Waals surface area contributed by atoms with Gasteiger partial charge in [-0.3, -0.25) is 4.79 Å². The van der Waals surface area contributed by atoms with Crippen LogP contribution < -0.4 is 10.2 Å². The van der Waals surface area contributed by atoms with E-state index in [1.165, 1.54) is 4.90 Å². The molecule has 2 rings (SSSR count). The lowest BCUT2D eigenvalue weighted by Gasteiger charge is -2.24. The number of aliphatic carboxylic acids is 1. The minimum absolute atomic E-state index is 0.130. The largest absolute Gasteiger partial charge is 0.474 e. The van der Waals surface area contributed by atoms with Crippen molar-refractivity contribution in [2.75, 3.05) is 18.0 Å². The first kappa shape index (κ1) is 21.9. The SMILES string of the molecule is CC(C)(C)OC(=O)NCCCN(C(=O)C(=O)O)c1ccccc1-c1ccccc1. The summed E-state index contributed by atoms with van der Waals surface area (Å²) in [6.45, 7) is 5.66. The van der Waals surface area contributed by atoms with Crippen molar-refractivity contribution in [3.05, 3.63) is 54.6 Å². The van der Waals surface area contributed by atoms with E-state index in [0.717, 1.165) is 11.1 Å². The molecule has 2 amide bonds. The van der Waals surface area contributed by atoms with Gasteiger partial charge in [0, 0.05) is 18.7 Å². The Morgan fingerprint density at radius 3 is 2.24 bits per heavy atom. The van der Waals surface area contributed by atoms with Crippen LogP contribution in [0, 0.1) is 0 Å². The van der Waals surface area contributed by atoms with Crippen LogP contribution in [-0.2, 0) is 14.3 Å². The first-order chi connectivity index (χ1) is 13.7. The molecule has 0 saturated carbocycles. The summed E-state index contributed by atoms with van der Waals surface area (Å²) >= 11 is 0. The summed E-state index contributed by atoms with van der Waals surface area (Å²) in [5.41, 5.74) is 1.52. The van der Waals surface area contributed by atoms with E-state index in [1.807, 2.05) is 42.5 Å². The highest BCUT2D eigenvalue weighted by molar-refractivity contribution is 6.37. The summed E-state index contributed by atoms with van der Waals surface area (Å²) in [6.07, 6.45) is -0.195. The van der Waals surface area contributed by atoms with Crippen molar-refractivity contribution in [2.24, 2.45) is 0 Å². The lowest BCUT2D eigenvalue weighted by atomic mass is 10.0. The Kier molecular flexibility index (Phi) is 7.36. The number of hydrogen-bond acceptors (Lipinski definition) is 4. The summed E-state index contributed by atoms with van der Waals surface area (Å²) in [5, 5.41) is 11.9. The topological polar surface area (TPSA) is 95.9 Å². The number of carboxylic acids is 1. The first-order valence-corrected chi connectivity index (χ1v) is 9.35. The Labute approximate surface area is 170 Å². The van der Waals surface area contributed by atoms with E-state index in [0.29, 0.717) is 12.1 Å². The van der Waals surface area contributed by atoms with Crippen LogP contribution in [-0.4, -0.2) is 41.8 Å². The van der Waals surface area contributed by atoms with Crippen LogP contribution in [0.4, 0.5) is 10.5 Å². The highest BCUT2D eigenvalue weighted by Crippen LogP contribution is 2.31. The van der Waals surface area contributed by atoms with Gasteiger partial charge in [-0.2, -0.15) is 0 Å². The average molecular weight is 398 g/mol. The van der Waals surface area contributed by atoms with E-state index in [1.54, 1.807) is 32.9 Å². The molecule has 0 saturated heterocycles. The van der Waals surface area contributed by atoms with Crippen LogP contribution in [0.25, 0.3) is 11.1 Å². The number of amides is 2. The molecular formula is C22H26N2O5. The zero-order valence-corrected chi connectivity index (χ0v) is 16.8. The van der Waals surface area contributed by atoms with E-state index in [9.17, 15) is 19.5 Å². The minimum atomic E-state index is -1.53. The molecule has 0 radical (unpaired) electrons. The molecule has 7 nitrogen and oxygen atoms in total. The molecule has 2 N–H and O–H groups in total. The number of hydrogen-bond donors (Lipinski definition) is 2. The molecule has 0 heterocycles. The van der Waals surface area contributed by atoms with Gasteiger partial charge in [-0.1, -0.05) is 48.5 Å². The molecule has 0 aromatic heterocycles. The van der Waals surface area contributed by atoms with E-state index in [2.05, 4.69) is 5.32 Å². The molecule has 0 bridgehead atoms. The molecule has 2 aromatic carbocycles. The Bertz CT molecular complexity index is 859. The number of ether oxygens (including phenoxy) is 1. The number of nitrogens with zero attached hydrogens (tertiary/aromatic N) is 1. The number of carbonyl (C=O) groups excluding carboxylic acids is 2. The zero-order valence-electron chi connectivity index (χ0n) is 16.8. The monoisotopic (exact) mass is 398 g/mol. The lowest BCUT2D eigenvalue weighted by Crippen LogP contribution is -2.39. The van der Waals surface area contributed by atoms with Gasteiger partial charge in [-0.15, -0.1) is 0 Å². The van der Waals surface area contributed by atoms with Gasteiger partial charge in [0.25, 0.3) is 0 Å². The number of nitrogens with one attached hydrogen (secondary N) is 1. The highest BCUT2D eigenvalue weighted by Gasteiger charge is 2.24. The third kappa shape index (κ3) is 6.64. The number of para-hydroxylation sites is 1. The van der Waals surface area contributed by atoms with Gasteiger partial charge >= 0.3 is 18.0 Å². The Morgan fingerprint density at radius 2 is 1.62 bits per heavy atom. The molecule has 154 valence electrons. The van der Waals surface area contributed by atoms with Crippen molar-refractivity contribution < 1.29 is 24.2 Å². The van der Waals surface area contributed by atoms with Crippen molar-refractivity contribution in [1.82, 2.24) is 5.32 Å². The maximum absolute atomic E-state index is 12.4. The smallest absolute Gasteiger partial charge is 0.407 e. The number of alkyl carbamates (subject to hydrolysis) is 1. The van der Waals surface area contributed by atoms with Crippen LogP contribution in [0.1, 0.15) is 27.2 Å². The van der Waals surface area contributed by atoms with Crippen molar-refractivity contribution in [2.45, 2.75) is 32.8 Å². The Hall–Kier alpha value is -3.35. The predicted molar refractivity (Wildman–Crippen MR) is 111 cm³/mol. The quantitative estimate of drug-likeness (QED) is 0.572. The maximum Gasteiger partial charge on any atom is 0.407 e. The molecule has 0 aliphatic carbocycles. The van der Waals surface area contributed by atoms with Crippen LogP contribution in [0.3, 0.4) is 0 Å². The third-order valence-electron chi connectivity index (χ3n) is 3.93. The zero-order chi connectivity index (χ0) is 21.4. The average Bonchev–Trinajstić information content (AvgIpc) is 2.67. The summed E-state index contributed by atoms with van der Waals surface area (Å²) < 4.78 is 5.17. The van der Waals surface area contributed by atoms with Crippen molar-refractivity contribution in [3.63, 3.8) is 0 Å². The van der Waals surface area contributed by atoms with Crippen molar-refractivity contribution in [1.29, 1.82) is 0 Å². The standard InChI is InChI=1S/C22H26N2O5/c1-22(2,3)29-21(28)23-14-9-15-24(19(25)20(26)27)18-13-8-7-12-17(18)16-10-5-4-6-11-16/h4-8,10-13H,9,14-15H2,1-3H3,(H,23,28)(H,26,27). The number of anilines is 1. The Morgan fingerprint density at radius 1 is 1.00 bits per heavy atom. The molecular weight excluding hydrogens is 372 g/mol. The second-order valence-electron chi connectivity index (χ2n) is 7.43. The fourth-order valence-corrected chi connectivity index (χ4v) is 2.76. The van der Waals surface area contributed by atoms with Crippen molar-refractivity contribution in [3.8, 4) is 11.1 Å². The summed E-state index contributed by atoms with van der Waals surface area (Å²) in [4.78, 5) is 36.7. The molecule has 0 fully saturated rings. The van der Waals surface area contributed by atoms with E-state index in [4.69, 9.17) is 4.74 Å². The molecule has 0 unspecified atom stereocenters. The summed E-state index contributed by atoms with van der Waals surface area (Å²) in [7, 11) is 0. The molecule has 2 aromatic rings. The predicted octanol–water partition coefficient (Wildman–Crippen LogP) is 3.69.